The van der Waals surface area contributed by atoms with Gasteiger partial charge >= 0.3 is 5.97 Å². The molecule has 0 aliphatic heterocycles. The van der Waals surface area contributed by atoms with E-state index in [4.69, 9.17) is 16.1 Å². The number of hydrogen-bond acceptors (Lipinski definition) is 4. The number of benzene rings is 1. The molecule has 0 bridgehead atoms. The van der Waals surface area contributed by atoms with Crippen LogP contribution < -0.4 is 0 Å². The first-order chi connectivity index (χ1) is 10.0. The van der Waals surface area contributed by atoms with Crippen LogP contribution in [-0.4, -0.2) is 21.2 Å². The highest BCUT2D eigenvalue weighted by molar-refractivity contribution is 6.30. The van der Waals surface area contributed by atoms with Crippen LogP contribution in [0.5, 0.6) is 0 Å². The van der Waals surface area contributed by atoms with Crippen molar-refractivity contribution in [2.24, 2.45) is 5.41 Å². The number of aliphatic carboxylic acids is 1. The van der Waals surface area contributed by atoms with E-state index in [0.29, 0.717) is 29.6 Å². The first-order valence-corrected chi connectivity index (χ1v) is 7.20. The van der Waals surface area contributed by atoms with E-state index in [9.17, 15) is 9.90 Å². The van der Waals surface area contributed by atoms with Gasteiger partial charge in [0.05, 0.1) is 5.41 Å². The van der Waals surface area contributed by atoms with Crippen LogP contribution in [0.1, 0.15) is 32.6 Å². The summed E-state index contributed by atoms with van der Waals surface area (Å²) in [6, 6.07) is 7.07. The van der Waals surface area contributed by atoms with Crippen molar-refractivity contribution in [2.75, 3.05) is 0 Å². The molecular formula is C15H17ClN2O3. The third kappa shape index (κ3) is 3.24. The molecule has 0 aliphatic carbocycles. The average Bonchev–Trinajstić information content (AvgIpc) is 2.93. The van der Waals surface area contributed by atoms with E-state index in [-0.39, 0.29) is 6.42 Å². The van der Waals surface area contributed by atoms with Crippen molar-refractivity contribution in [3.63, 3.8) is 0 Å². The second kappa shape index (κ2) is 6.26. The Bertz CT molecular complexity index is 618. The molecule has 0 saturated carbocycles. The lowest BCUT2D eigenvalue weighted by atomic mass is 9.79. The Hall–Kier alpha value is -1.88. The summed E-state index contributed by atoms with van der Waals surface area (Å²) < 4.78 is 5.20. The topological polar surface area (TPSA) is 76.2 Å². The maximum absolute atomic E-state index is 11.5. The summed E-state index contributed by atoms with van der Waals surface area (Å²) in [5.41, 5.74) is -0.0765. The van der Waals surface area contributed by atoms with E-state index >= 15 is 0 Å². The van der Waals surface area contributed by atoms with Crippen molar-refractivity contribution in [3.05, 3.63) is 35.2 Å². The molecule has 5 nitrogen and oxygen atoms in total. The first kappa shape index (κ1) is 15.5. The Morgan fingerprint density at radius 3 is 2.43 bits per heavy atom. The van der Waals surface area contributed by atoms with Crippen LogP contribution >= 0.6 is 11.6 Å². The van der Waals surface area contributed by atoms with Crippen molar-refractivity contribution in [1.82, 2.24) is 10.1 Å². The van der Waals surface area contributed by atoms with Crippen molar-refractivity contribution in [1.29, 1.82) is 0 Å². The molecule has 1 aromatic carbocycles. The molecule has 0 unspecified atom stereocenters. The standard InChI is InChI=1S/C15H17ClN2O3/c1-3-15(4-2,14(19)20)9-12-17-13(18-21-12)10-5-7-11(16)8-6-10/h5-8H,3-4,9H2,1-2H3,(H,19,20). The molecule has 2 aromatic rings. The zero-order chi connectivity index (χ0) is 15.5. The van der Waals surface area contributed by atoms with Gasteiger partial charge in [-0.3, -0.25) is 4.79 Å². The van der Waals surface area contributed by atoms with Crippen LogP contribution in [0, 0.1) is 5.41 Å². The summed E-state index contributed by atoms with van der Waals surface area (Å²) in [5, 5.41) is 14.0. The summed E-state index contributed by atoms with van der Waals surface area (Å²) in [4.78, 5) is 15.8. The molecule has 0 fully saturated rings. The Morgan fingerprint density at radius 2 is 1.90 bits per heavy atom. The molecule has 1 N–H and O–H groups in total. The summed E-state index contributed by atoms with van der Waals surface area (Å²) in [5.74, 6) is -0.0574. The first-order valence-electron chi connectivity index (χ1n) is 6.82. The zero-order valence-corrected chi connectivity index (χ0v) is 12.7. The van der Waals surface area contributed by atoms with Crippen molar-refractivity contribution in [3.8, 4) is 11.4 Å². The van der Waals surface area contributed by atoms with Gasteiger partial charge in [-0.05, 0) is 37.1 Å². The smallest absolute Gasteiger partial charge is 0.310 e. The predicted molar refractivity (Wildman–Crippen MR) is 79.1 cm³/mol. The van der Waals surface area contributed by atoms with Gasteiger partial charge in [-0.15, -0.1) is 0 Å². The summed E-state index contributed by atoms with van der Waals surface area (Å²) >= 11 is 5.83. The molecule has 0 saturated heterocycles. The van der Waals surface area contributed by atoms with Gasteiger partial charge in [-0.2, -0.15) is 4.98 Å². The summed E-state index contributed by atoms with van der Waals surface area (Å²) in [6.07, 6.45) is 1.25. The number of carboxylic acid groups (broad SMARTS) is 1. The largest absolute Gasteiger partial charge is 0.481 e. The van der Waals surface area contributed by atoms with Gasteiger partial charge in [0.25, 0.3) is 0 Å². The molecule has 0 spiro atoms. The van der Waals surface area contributed by atoms with Crippen LogP contribution in [0.15, 0.2) is 28.8 Å². The monoisotopic (exact) mass is 308 g/mol. The lowest BCUT2D eigenvalue weighted by Gasteiger charge is -2.24. The van der Waals surface area contributed by atoms with Crippen LogP contribution in [0.2, 0.25) is 5.02 Å². The molecule has 112 valence electrons. The number of rotatable bonds is 6. The number of carboxylic acids is 1. The van der Waals surface area contributed by atoms with Crippen molar-refractivity contribution < 1.29 is 14.4 Å². The number of hydrogen-bond donors (Lipinski definition) is 1. The van der Waals surface area contributed by atoms with Gasteiger partial charge < -0.3 is 9.63 Å². The van der Waals surface area contributed by atoms with Crippen LogP contribution in [0.3, 0.4) is 0 Å². The maximum Gasteiger partial charge on any atom is 0.310 e. The van der Waals surface area contributed by atoms with E-state index in [1.54, 1.807) is 24.3 Å². The molecule has 0 aliphatic rings. The van der Waals surface area contributed by atoms with Gasteiger partial charge in [0.2, 0.25) is 11.7 Å². The molecule has 1 heterocycles. The highest BCUT2D eigenvalue weighted by atomic mass is 35.5. The molecule has 1 aromatic heterocycles. The quantitative estimate of drug-likeness (QED) is 0.877. The Kier molecular flexibility index (Phi) is 4.63. The molecule has 2 rings (SSSR count). The minimum Gasteiger partial charge on any atom is -0.481 e. The SMILES string of the molecule is CCC(CC)(Cc1nc(-c2ccc(Cl)cc2)no1)C(=O)O. The van der Waals surface area contributed by atoms with Crippen LogP contribution in [0.4, 0.5) is 0 Å². The maximum atomic E-state index is 11.5. The lowest BCUT2D eigenvalue weighted by Crippen LogP contribution is -2.32. The van der Waals surface area contributed by atoms with Crippen LogP contribution in [-0.2, 0) is 11.2 Å². The summed E-state index contributed by atoms with van der Waals surface area (Å²) in [6.45, 7) is 3.71. The Balaban J connectivity index is 2.23. The fourth-order valence-electron chi connectivity index (χ4n) is 2.21. The van der Waals surface area contributed by atoms with Gasteiger partial charge in [0, 0.05) is 17.0 Å². The highest BCUT2D eigenvalue weighted by Crippen LogP contribution is 2.31. The predicted octanol–water partition coefficient (Wildman–Crippen LogP) is 3.82. The lowest BCUT2D eigenvalue weighted by molar-refractivity contribution is -0.149. The Morgan fingerprint density at radius 1 is 1.29 bits per heavy atom. The highest BCUT2D eigenvalue weighted by Gasteiger charge is 2.37. The number of nitrogens with zero attached hydrogens (tertiary/aromatic N) is 2. The van der Waals surface area contributed by atoms with Gasteiger partial charge in [-0.1, -0.05) is 30.6 Å². The fourth-order valence-corrected chi connectivity index (χ4v) is 2.34. The molecule has 0 atom stereocenters. The Labute approximate surface area is 127 Å². The van der Waals surface area contributed by atoms with Crippen LogP contribution in [0.25, 0.3) is 11.4 Å². The fraction of sp³-hybridized carbons (Fsp3) is 0.400. The number of aromatic nitrogens is 2. The van der Waals surface area contributed by atoms with E-state index in [1.807, 2.05) is 13.8 Å². The molecule has 21 heavy (non-hydrogen) atoms. The van der Waals surface area contributed by atoms with E-state index < -0.39 is 11.4 Å². The van der Waals surface area contributed by atoms with Crippen molar-refractivity contribution >= 4 is 17.6 Å². The summed E-state index contributed by atoms with van der Waals surface area (Å²) in [7, 11) is 0. The van der Waals surface area contributed by atoms with E-state index in [1.165, 1.54) is 0 Å². The molecular weight excluding hydrogens is 292 g/mol. The second-order valence-electron chi connectivity index (χ2n) is 4.99. The third-order valence-electron chi connectivity index (χ3n) is 3.87. The normalized spacial score (nSPS) is 11.6. The van der Waals surface area contributed by atoms with Gasteiger partial charge in [0.15, 0.2) is 0 Å². The third-order valence-corrected chi connectivity index (χ3v) is 4.12. The molecule has 0 amide bonds. The molecule has 6 heteroatoms. The average molecular weight is 309 g/mol. The van der Waals surface area contributed by atoms with Crippen molar-refractivity contribution in [2.45, 2.75) is 33.1 Å². The number of carbonyl (C=O) groups is 1. The van der Waals surface area contributed by atoms with E-state index in [0.717, 1.165) is 5.56 Å². The minimum absolute atomic E-state index is 0.232. The zero-order valence-electron chi connectivity index (χ0n) is 12.0. The van der Waals surface area contributed by atoms with Gasteiger partial charge in [-0.25, -0.2) is 0 Å². The second-order valence-corrected chi connectivity index (χ2v) is 5.42. The van der Waals surface area contributed by atoms with Gasteiger partial charge in [0.1, 0.15) is 0 Å². The van der Waals surface area contributed by atoms with E-state index in [2.05, 4.69) is 10.1 Å². The minimum atomic E-state index is -0.857. The molecule has 0 radical (unpaired) electrons. The number of halogens is 1.